The number of fused-ring (bicyclic) bond motifs is 3. The Morgan fingerprint density at radius 1 is 1.24 bits per heavy atom. The predicted molar refractivity (Wildman–Crippen MR) is 82.8 cm³/mol. The lowest BCUT2D eigenvalue weighted by atomic mass is 9.53. The first-order valence-corrected chi connectivity index (χ1v) is 8.17. The number of carboxylic acids is 1. The molecule has 0 unspecified atom stereocenters. The van der Waals surface area contributed by atoms with Crippen LogP contribution < -0.4 is 5.32 Å². The largest absolute Gasteiger partial charge is 0.481 e. The number of hydrogen-bond donors (Lipinski definition) is 2. The van der Waals surface area contributed by atoms with E-state index in [4.69, 9.17) is 0 Å². The molecule has 114 valence electrons. The first-order chi connectivity index (χ1) is 9.95. The molecule has 3 nitrogen and oxygen atoms in total. The Bertz CT molecular complexity index is 551. The van der Waals surface area contributed by atoms with Gasteiger partial charge in [0, 0.05) is 12.2 Å². The molecule has 0 aromatic heterocycles. The van der Waals surface area contributed by atoms with Gasteiger partial charge in [-0.25, -0.2) is 4.39 Å². The molecule has 3 saturated carbocycles. The summed E-state index contributed by atoms with van der Waals surface area (Å²) in [5.41, 5.74) is 0.650. The summed E-state index contributed by atoms with van der Waals surface area (Å²) in [6, 6.07) is 4.93. The summed E-state index contributed by atoms with van der Waals surface area (Å²) in [7, 11) is 0. The fourth-order valence-electron chi connectivity index (χ4n) is 3.74. The highest BCUT2D eigenvalue weighted by atomic mass is 79.9. The standard InChI is InChI=1S/C16H19BrFNO2/c17-12-9-11(1-2-13(12)18)19-10-15-3-6-16(7-4-15,8-5-15)14(20)21/h1-2,9,19H,3-8,10H2,(H,20,21). The minimum Gasteiger partial charge on any atom is -0.481 e. The van der Waals surface area contributed by atoms with Gasteiger partial charge in [-0.1, -0.05) is 0 Å². The van der Waals surface area contributed by atoms with E-state index in [1.807, 2.05) is 0 Å². The van der Waals surface area contributed by atoms with Crippen LogP contribution in [-0.4, -0.2) is 17.6 Å². The van der Waals surface area contributed by atoms with Crippen molar-refractivity contribution >= 4 is 27.6 Å². The summed E-state index contributed by atoms with van der Waals surface area (Å²) < 4.78 is 13.7. The molecule has 4 rings (SSSR count). The van der Waals surface area contributed by atoms with Gasteiger partial charge < -0.3 is 10.4 Å². The van der Waals surface area contributed by atoms with Gasteiger partial charge in [0.25, 0.3) is 0 Å². The van der Waals surface area contributed by atoms with E-state index in [0.29, 0.717) is 4.47 Å². The lowest BCUT2D eigenvalue weighted by Gasteiger charge is -2.51. The summed E-state index contributed by atoms with van der Waals surface area (Å²) in [5.74, 6) is -0.883. The summed E-state index contributed by atoms with van der Waals surface area (Å²) in [4.78, 5) is 11.4. The molecule has 0 atom stereocenters. The molecule has 21 heavy (non-hydrogen) atoms. The Morgan fingerprint density at radius 3 is 2.38 bits per heavy atom. The molecule has 0 radical (unpaired) electrons. The third-order valence-corrected chi connectivity index (χ3v) is 6.05. The monoisotopic (exact) mass is 355 g/mol. The second-order valence-corrected chi connectivity index (χ2v) is 7.42. The molecule has 3 fully saturated rings. The van der Waals surface area contributed by atoms with Crippen molar-refractivity contribution in [2.45, 2.75) is 38.5 Å². The molecule has 3 aliphatic carbocycles. The number of rotatable bonds is 4. The molecule has 5 heteroatoms. The Balaban J connectivity index is 1.64. The predicted octanol–water partition coefficient (Wildman–Crippen LogP) is 4.43. The van der Waals surface area contributed by atoms with Gasteiger partial charge in [0.05, 0.1) is 9.89 Å². The van der Waals surface area contributed by atoms with Crippen LogP contribution in [0, 0.1) is 16.6 Å². The highest BCUT2D eigenvalue weighted by Crippen LogP contribution is 2.56. The van der Waals surface area contributed by atoms with E-state index >= 15 is 0 Å². The molecule has 3 aliphatic rings. The minimum atomic E-state index is -0.619. The Kier molecular flexibility index (Phi) is 3.72. The average molecular weight is 356 g/mol. The zero-order valence-electron chi connectivity index (χ0n) is 11.8. The highest BCUT2D eigenvalue weighted by Gasteiger charge is 2.52. The van der Waals surface area contributed by atoms with Gasteiger partial charge in [0.1, 0.15) is 5.82 Å². The summed E-state index contributed by atoms with van der Waals surface area (Å²) in [6.07, 6.45) is 5.27. The average Bonchev–Trinajstić information content (AvgIpc) is 2.50. The van der Waals surface area contributed by atoms with Crippen molar-refractivity contribution in [2.24, 2.45) is 10.8 Å². The second kappa shape index (κ2) is 5.27. The van der Waals surface area contributed by atoms with Crippen molar-refractivity contribution < 1.29 is 14.3 Å². The minimum absolute atomic E-state index is 0.206. The number of anilines is 1. The zero-order valence-corrected chi connectivity index (χ0v) is 13.4. The number of aliphatic carboxylic acids is 1. The van der Waals surface area contributed by atoms with Crippen LogP contribution in [-0.2, 0) is 4.79 Å². The van der Waals surface area contributed by atoms with E-state index in [1.54, 1.807) is 12.1 Å². The molecule has 2 N–H and O–H groups in total. The fraction of sp³-hybridized carbons (Fsp3) is 0.562. The molecule has 0 aliphatic heterocycles. The number of carbonyl (C=O) groups is 1. The van der Waals surface area contributed by atoms with Crippen LogP contribution in [0.3, 0.4) is 0 Å². The van der Waals surface area contributed by atoms with Crippen LogP contribution >= 0.6 is 15.9 Å². The topological polar surface area (TPSA) is 49.3 Å². The van der Waals surface area contributed by atoms with Crippen molar-refractivity contribution in [3.63, 3.8) is 0 Å². The van der Waals surface area contributed by atoms with Crippen LogP contribution in [0.5, 0.6) is 0 Å². The van der Waals surface area contributed by atoms with E-state index < -0.39 is 11.4 Å². The number of carboxylic acid groups (broad SMARTS) is 1. The van der Waals surface area contributed by atoms with Gasteiger partial charge in [-0.3, -0.25) is 4.79 Å². The molecular weight excluding hydrogens is 337 g/mol. The van der Waals surface area contributed by atoms with Gasteiger partial charge in [-0.15, -0.1) is 0 Å². The Hall–Kier alpha value is -1.10. The molecule has 1 aromatic carbocycles. The number of nitrogens with one attached hydrogen (secondary N) is 1. The van der Waals surface area contributed by atoms with Crippen molar-refractivity contribution in [3.05, 3.63) is 28.5 Å². The van der Waals surface area contributed by atoms with E-state index in [0.717, 1.165) is 50.8 Å². The molecule has 0 amide bonds. The number of halogens is 2. The maximum absolute atomic E-state index is 13.2. The smallest absolute Gasteiger partial charge is 0.309 e. The molecule has 0 heterocycles. The van der Waals surface area contributed by atoms with E-state index in [1.165, 1.54) is 6.07 Å². The quantitative estimate of drug-likeness (QED) is 0.839. The molecule has 0 saturated heterocycles. The van der Waals surface area contributed by atoms with Crippen LogP contribution in [0.4, 0.5) is 10.1 Å². The van der Waals surface area contributed by atoms with E-state index in [2.05, 4.69) is 21.2 Å². The zero-order chi connectivity index (χ0) is 15.1. The van der Waals surface area contributed by atoms with Gasteiger partial charge in [-0.05, 0) is 78.1 Å². The summed E-state index contributed by atoms with van der Waals surface area (Å²) in [5, 5.41) is 12.8. The first-order valence-electron chi connectivity index (χ1n) is 7.37. The van der Waals surface area contributed by atoms with Crippen molar-refractivity contribution in [1.29, 1.82) is 0 Å². The first kappa shape index (κ1) is 14.8. The lowest BCUT2D eigenvalue weighted by Crippen LogP contribution is -2.48. The summed E-state index contributed by atoms with van der Waals surface area (Å²) in [6.45, 7) is 0.834. The van der Waals surface area contributed by atoms with Crippen molar-refractivity contribution in [1.82, 2.24) is 0 Å². The number of hydrogen-bond acceptors (Lipinski definition) is 2. The number of benzene rings is 1. The van der Waals surface area contributed by atoms with Gasteiger partial charge in [-0.2, -0.15) is 0 Å². The SMILES string of the molecule is O=C(O)C12CCC(CNc3ccc(F)c(Br)c3)(CC1)CC2. The van der Waals surface area contributed by atoms with Crippen LogP contribution in [0.25, 0.3) is 0 Å². The third kappa shape index (κ3) is 2.68. The van der Waals surface area contributed by atoms with E-state index in [9.17, 15) is 14.3 Å². The maximum atomic E-state index is 13.2. The van der Waals surface area contributed by atoms with Gasteiger partial charge in [0.2, 0.25) is 0 Å². The third-order valence-electron chi connectivity index (χ3n) is 5.44. The fourth-order valence-corrected chi connectivity index (χ4v) is 4.12. The lowest BCUT2D eigenvalue weighted by molar-refractivity contribution is -0.158. The Morgan fingerprint density at radius 2 is 1.86 bits per heavy atom. The molecule has 2 bridgehead atoms. The van der Waals surface area contributed by atoms with Gasteiger partial charge >= 0.3 is 5.97 Å². The van der Waals surface area contributed by atoms with Crippen molar-refractivity contribution in [2.75, 3.05) is 11.9 Å². The van der Waals surface area contributed by atoms with Crippen LogP contribution in [0.1, 0.15) is 38.5 Å². The second-order valence-electron chi connectivity index (χ2n) is 6.57. The van der Waals surface area contributed by atoms with Crippen LogP contribution in [0.2, 0.25) is 0 Å². The highest BCUT2D eigenvalue weighted by molar-refractivity contribution is 9.10. The summed E-state index contributed by atoms with van der Waals surface area (Å²) >= 11 is 3.19. The maximum Gasteiger partial charge on any atom is 0.309 e. The van der Waals surface area contributed by atoms with E-state index in [-0.39, 0.29) is 11.2 Å². The molecular formula is C16H19BrFNO2. The van der Waals surface area contributed by atoms with Crippen molar-refractivity contribution in [3.8, 4) is 0 Å². The molecule has 1 aromatic rings. The molecule has 0 spiro atoms. The van der Waals surface area contributed by atoms with Gasteiger partial charge in [0.15, 0.2) is 0 Å². The Labute approximate surface area is 132 Å². The normalized spacial score (nSPS) is 31.1. The van der Waals surface area contributed by atoms with Crippen LogP contribution in [0.15, 0.2) is 22.7 Å².